The molecule has 1 N–H and O–H groups in total. The Labute approximate surface area is 123 Å². The van der Waals surface area contributed by atoms with E-state index in [0.717, 1.165) is 11.8 Å². The highest BCUT2D eigenvalue weighted by Gasteiger charge is 2.23. The van der Waals surface area contributed by atoms with Crippen LogP contribution < -0.4 is 5.43 Å². The van der Waals surface area contributed by atoms with Crippen LogP contribution in [0.4, 0.5) is 0 Å². The van der Waals surface area contributed by atoms with E-state index in [1.807, 2.05) is 6.92 Å². The van der Waals surface area contributed by atoms with Crippen LogP contribution in [0, 0.1) is 6.08 Å². The second-order valence-electron chi connectivity index (χ2n) is 4.21. The van der Waals surface area contributed by atoms with Gasteiger partial charge in [-0.3, -0.25) is 5.43 Å². The van der Waals surface area contributed by atoms with Crippen LogP contribution in [0.1, 0.15) is 13.3 Å². The third-order valence-corrected chi connectivity index (χ3v) is 2.40. The predicted molar refractivity (Wildman–Crippen MR) is 78.0 cm³/mol. The van der Waals surface area contributed by atoms with Gasteiger partial charge in [0.25, 0.3) is 0 Å². The van der Waals surface area contributed by atoms with Gasteiger partial charge in [-0.25, -0.2) is 9.59 Å². The summed E-state index contributed by atoms with van der Waals surface area (Å²) < 4.78 is 9.53. The Morgan fingerprint density at radius 3 is 2.95 bits per heavy atom. The number of ether oxygens (including phenoxy) is 2. The minimum absolute atomic E-state index is 0.258. The van der Waals surface area contributed by atoms with Gasteiger partial charge in [-0.05, 0) is 6.92 Å². The van der Waals surface area contributed by atoms with Gasteiger partial charge in [-0.15, -0.1) is 6.58 Å². The van der Waals surface area contributed by atoms with E-state index in [2.05, 4.69) is 27.9 Å². The largest absolute Gasteiger partial charge is 0.465 e. The van der Waals surface area contributed by atoms with Gasteiger partial charge in [0.2, 0.25) is 0 Å². The van der Waals surface area contributed by atoms with Gasteiger partial charge in [0, 0.05) is 12.5 Å². The number of hydrogen-bond donors (Lipinski definition) is 1. The number of nitrogens with one attached hydrogen (secondary N) is 1. The second kappa shape index (κ2) is 8.45. The molecular formula is C15H17N2O4+. The Morgan fingerprint density at radius 1 is 1.52 bits per heavy atom. The van der Waals surface area contributed by atoms with Gasteiger partial charge >= 0.3 is 11.9 Å². The van der Waals surface area contributed by atoms with Crippen LogP contribution in [0.15, 0.2) is 46.8 Å². The van der Waals surface area contributed by atoms with Crippen molar-refractivity contribution in [1.29, 1.82) is 0 Å². The summed E-state index contributed by atoms with van der Waals surface area (Å²) in [6.07, 6.45) is 9.06. The normalized spacial score (nSPS) is 13.0. The van der Waals surface area contributed by atoms with Crippen molar-refractivity contribution in [2.24, 2.45) is 5.10 Å². The number of hydrazone groups is 1. The lowest BCUT2D eigenvalue weighted by Crippen LogP contribution is -2.17. The maximum Gasteiger partial charge on any atom is 0.399 e. The molecular weight excluding hydrogens is 272 g/mol. The van der Waals surface area contributed by atoms with Crippen molar-refractivity contribution >= 4 is 18.2 Å². The highest BCUT2D eigenvalue weighted by Crippen LogP contribution is 2.12. The summed E-state index contributed by atoms with van der Waals surface area (Å²) in [5, 5.41) is 3.68. The predicted octanol–water partition coefficient (Wildman–Crippen LogP) is 1.43. The van der Waals surface area contributed by atoms with Crippen molar-refractivity contribution in [3.8, 4) is 0 Å². The molecule has 0 aliphatic heterocycles. The van der Waals surface area contributed by atoms with E-state index in [-0.39, 0.29) is 12.2 Å². The van der Waals surface area contributed by atoms with Gasteiger partial charge in [-0.1, -0.05) is 5.57 Å². The van der Waals surface area contributed by atoms with Crippen LogP contribution in [0.25, 0.3) is 0 Å². The van der Waals surface area contributed by atoms with Gasteiger partial charge in [0.15, 0.2) is 11.3 Å². The number of esters is 2. The lowest BCUT2D eigenvalue weighted by Gasteiger charge is -2.05. The minimum atomic E-state index is -0.601. The number of allylic oxidation sites excluding steroid dienone is 3. The van der Waals surface area contributed by atoms with Gasteiger partial charge in [0.05, 0.1) is 19.8 Å². The van der Waals surface area contributed by atoms with Crippen molar-refractivity contribution in [3.63, 3.8) is 0 Å². The maximum atomic E-state index is 11.9. The zero-order chi connectivity index (χ0) is 15.7. The van der Waals surface area contributed by atoms with Crippen LogP contribution in [0.5, 0.6) is 0 Å². The molecule has 0 aromatic heterocycles. The highest BCUT2D eigenvalue weighted by atomic mass is 16.5. The number of methoxy groups -OCH3 is 1. The van der Waals surface area contributed by atoms with E-state index in [1.165, 1.54) is 13.2 Å². The lowest BCUT2D eigenvalue weighted by molar-refractivity contribution is -0.138. The molecule has 0 aromatic rings. The van der Waals surface area contributed by atoms with Gasteiger partial charge in [0.1, 0.15) is 18.4 Å². The van der Waals surface area contributed by atoms with Gasteiger partial charge in [-0.2, -0.15) is 5.10 Å². The molecule has 6 heteroatoms. The molecule has 0 spiro atoms. The molecule has 0 saturated heterocycles. The number of hydrogen-bond acceptors (Lipinski definition) is 6. The molecule has 0 radical (unpaired) electrons. The summed E-state index contributed by atoms with van der Waals surface area (Å²) in [5.74, 6) is -1.10. The fraction of sp³-hybridized carbons (Fsp3) is 0.267. The first-order valence-corrected chi connectivity index (χ1v) is 6.23. The summed E-state index contributed by atoms with van der Waals surface area (Å²) in [4.78, 5) is 22.9. The quantitative estimate of drug-likeness (QED) is 0.252. The topological polar surface area (TPSA) is 77.0 Å². The zero-order valence-corrected chi connectivity index (χ0v) is 12.0. The van der Waals surface area contributed by atoms with E-state index in [4.69, 9.17) is 4.74 Å². The Kier molecular flexibility index (Phi) is 6.57. The van der Waals surface area contributed by atoms with E-state index in [1.54, 1.807) is 12.2 Å². The van der Waals surface area contributed by atoms with Crippen molar-refractivity contribution in [2.75, 3.05) is 13.7 Å². The summed E-state index contributed by atoms with van der Waals surface area (Å²) in [5.41, 5.74) is 4.21. The first kappa shape index (κ1) is 16.3. The fourth-order valence-electron chi connectivity index (χ4n) is 1.30. The second-order valence-corrected chi connectivity index (χ2v) is 4.21. The summed E-state index contributed by atoms with van der Waals surface area (Å²) in [6.45, 7) is 5.85. The molecule has 0 fully saturated rings. The van der Waals surface area contributed by atoms with E-state index >= 15 is 0 Å². The SMILES string of the molecule is C=C(C)CCOC(=O)C1=C(NN=CC(=O)OC)C=C[C+]=C1. The molecule has 0 aromatic carbocycles. The maximum absolute atomic E-state index is 11.9. The molecule has 0 atom stereocenters. The number of carbonyl (C=O) groups is 2. The van der Waals surface area contributed by atoms with Crippen LogP contribution in [0.2, 0.25) is 0 Å². The molecule has 110 valence electrons. The standard InChI is InChI=1S/C15H16N2O4/c1-11(2)8-9-21-15(19)12-6-4-5-7-13(12)17-16-10-14(18)20-3/h5-7,10H,1,8-9H2,2-3H3/p+1. The van der Waals surface area contributed by atoms with Crippen LogP contribution in [0.3, 0.4) is 0 Å². The number of nitrogens with zero attached hydrogens (tertiary/aromatic N) is 1. The monoisotopic (exact) mass is 289 g/mol. The highest BCUT2D eigenvalue weighted by molar-refractivity contribution is 6.23. The molecule has 0 saturated carbocycles. The van der Waals surface area contributed by atoms with Crippen molar-refractivity contribution in [3.05, 3.63) is 47.7 Å². The number of carbonyl (C=O) groups excluding carboxylic acids is 2. The third kappa shape index (κ3) is 5.84. The average molecular weight is 289 g/mol. The zero-order valence-electron chi connectivity index (χ0n) is 12.0. The Bertz CT molecular complexity index is 542. The van der Waals surface area contributed by atoms with Crippen molar-refractivity contribution in [1.82, 2.24) is 5.43 Å². The molecule has 0 unspecified atom stereocenters. The minimum Gasteiger partial charge on any atom is -0.465 e. The van der Waals surface area contributed by atoms with Crippen molar-refractivity contribution in [2.45, 2.75) is 13.3 Å². The fourth-order valence-corrected chi connectivity index (χ4v) is 1.30. The van der Waals surface area contributed by atoms with Crippen LogP contribution in [-0.4, -0.2) is 31.9 Å². The Hall–Kier alpha value is -2.72. The Balaban J connectivity index is 2.69. The Morgan fingerprint density at radius 2 is 2.29 bits per heavy atom. The molecule has 6 nitrogen and oxygen atoms in total. The molecule has 1 aliphatic rings. The summed E-state index contributed by atoms with van der Waals surface area (Å²) >= 11 is 0. The molecule has 1 rings (SSSR count). The van der Waals surface area contributed by atoms with E-state index < -0.39 is 11.9 Å². The molecule has 0 amide bonds. The van der Waals surface area contributed by atoms with E-state index in [0.29, 0.717) is 12.1 Å². The molecule has 1 aliphatic carbocycles. The van der Waals surface area contributed by atoms with Gasteiger partial charge < -0.3 is 9.47 Å². The molecule has 0 bridgehead atoms. The molecule has 0 heterocycles. The summed E-state index contributed by atoms with van der Waals surface area (Å²) in [7, 11) is 1.25. The van der Waals surface area contributed by atoms with Crippen LogP contribution >= 0.6 is 0 Å². The van der Waals surface area contributed by atoms with Crippen LogP contribution in [-0.2, 0) is 19.1 Å². The third-order valence-electron chi connectivity index (χ3n) is 2.40. The summed E-state index contributed by atoms with van der Waals surface area (Å²) in [6, 6.07) is 0. The smallest absolute Gasteiger partial charge is 0.399 e. The first-order valence-electron chi connectivity index (χ1n) is 6.23. The lowest BCUT2D eigenvalue weighted by atomic mass is 10.1. The average Bonchev–Trinajstić information content (AvgIpc) is 2.47. The first-order chi connectivity index (χ1) is 10.0. The van der Waals surface area contributed by atoms with Crippen molar-refractivity contribution < 1.29 is 19.1 Å². The number of rotatable bonds is 7. The molecule has 21 heavy (non-hydrogen) atoms. The van der Waals surface area contributed by atoms with E-state index in [9.17, 15) is 9.59 Å².